The van der Waals surface area contributed by atoms with Crippen molar-refractivity contribution in [1.29, 1.82) is 0 Å². The number of hydrogen-bond acceptors (Lipinski definition) is 3. The molecule has 0 saturated heterocycles. The molecule has 0 bridgehead atoms. The summed E-state index contributed by atoms with van der Waals surface area (Å²) in [5.74, 6) is 0.0783. The summed E-state index contributed by atoms with van der Waals surface area (Å²) >= 11 is 1.68. The predicted octanol–water partition coefficient (Wildman–Crippen LogP) is 4.82. The Kier molecular flexibility index (Phi) is 5.15. The number of aromatic nitrogens is 1. The van der Waals surface area contributed by atoms with Crippen LogP contribution in [0.5, 0.6) is 0 Å². The van der Waals surface area contributed by atoms with Gasteiger partial charge in [0.05, 0.1) is 8.07 Å². The van der Waals surface area contributed by atoms with Gasteiger partial charge in [0, 0.05) is 22.9 Å². The number of carbonyl (C=O) groups excluding carboxylic acids is 1. The minimum atomic E-state index is -1.58. The number of hydrogen-bond donors (Lipinski definition) is 0. The van der Waals surface area contributed by atoms with E-state index in [4.69, 9.17) is 0 Å². The summed E-state index contributed by atoms with van der Waals surface area (Å²) in [5.41, 5.74) is 0.739. The molecule has 0 radical (unpaired) electrons. The average Bonchev–Trinajstić information content (AvgIpc) is 2.47. The van der Waals surface area contributed by atoms with Crippen molar-refractivity contribution in [2.75, 3.05) is 0 Å². The molecule has 1 heterocycles. The van der Waals surface area contributed by atoms with Crippen LogP contribution in [0.4, 0.5) is 0 Å². The Hall–Kier alpha value is -1.65. The molecule has 2 aromatic rings. The van der Waals surface area contributed by atoms with Crippen LogP contribution in [0.1, 0.15) is 10.4 Å². The molecule has 1 aromatic heterocycles. The zero-order valence-electron chi connectivity index (χ0n) is 12.5. The van der Waals surface area contributed by atoms with Gasteiger partial charge in [-0.3, -0.25) is 9.78 Å². The van der Waals surface area contributed by atoms with Crippen molar-refractivity contribution in [3.05, 3.63) is 71.0 Å². The molecule has 0 aliphatic carbocycles. The quantitative estimate of drug-likeness (QED) is 0.343. The van der Waals surface area contributed by atoms with E-state index in [0.717, 1.165) is 10.5 Å². The third kappa shape index (κ3) is 4.69. The van der Waals surface area contributed by atoms with Gasteiger partial charge in [-0.05, 0) is 22.7 Å². The second-order valence-electron chi connectivity index (χ2n) is 5.77. The normalized spacial score (nSPS) is 12.2. The Balaban J connectivity index is 2.28. The summed E-state index contributed by atoms with van der Waals surface area (Å²) in [5, 5.41) is 0. The number of rotatable bonds is 5. The van der Waals surface area contributed by atoms with Crippen molar-refractivity contribution in [3.8, 4) is 0 Å². The van der Waals surface area contributed by atoms with Crippen molar-refractivity contribution in [1.82, 2.24) is 4.98 Å². The first-order chi connectivity index (χ1) is 9.97. The first-order valence-electron chi connectivity index (χ1n) is 6.86. The van der Waals surface area contributed by atoms with Crippen molar-refractivity contribution >= 4 is 25.6 Å². The summed E-state index contributed by atoms with van der Waals surface area (Å²) < 4.78 is 1.18. The number of benzene rings is 1. The molecule has 2 rings (SSSR count). The van der Waals surface area contributed by atoms with Crippen LogP contribution in [-0.2, 0) is 0 Å². The highest BCUT2D eigenvalue weighted by Crippen LogP contribution is 2.33. The third-order valence-corrected chi connectivity index (χ3v) is 7.55. The van der Waals surface area contributed by atoms with E-state index in [1.807, 2.05) is 48.5 Å². The zero-order valence-corrected chi connectivity index (χ0v) is 14.4. The maximum atomic E-state index is 12.4. The molecule has 1 aromatic carbocycles. The Bertz CT molecular complexity index is 633. The maximum absolute atomic E-state index is 12.4. The van der Waals surface area contributed by atoms with E-state index in [2.05, 4.69) is 24.6 Å². The topological polar surface area (TPSA) is 30.0 Å². The Morgan fingerprint density at radius 1 is 1.05 bits per heavy atom. The van der Waals surface area contributed by atoms with Gasteiger partial charge in [0.2, 0.25) is 0 Å². The van der Waals surface area contributed by atoms with Crippen LogP contribution < -0.4 is 0 Å². The fourth-order valence-electron chi connectivity index (χ4n) is 1.74. The molecule has 0 spiro atoms. The van der Waals surface area contributed by atoms with E-state index in [1.54, 1.807) is 24.2 Å². The smallest absolute Gasteiger partial charge is 0.186 e. The fourth-order valence-corrected chi connectivity index (χ4v) is 4.56. The summed E-state index contributed by atoms with van der Waals surface area (Å²) in [6.45, 7) is 6.77. The summed E-state index contributed by atoms with van der Waals surface area (Å²) in [6.07, 6.45) is 5.37. The Morgan fingerprint density at radius 2 is 1.67 bits per heavy atom. The van der Waals surface area contributed by atoms with E-state index in [-0.39, 0.29) is 5.78 Å². The molecule has 0 N–H and O–H groups in total. The van der Waals surface area contributed by atoms with E-state index in [9.17, 15) is 4.79 Å². The summed E-state index contributed by atoms with van der Waals surface area (Å²) in [4.78, 5) is 17.6. The maximum Gasteiger partial charge on any atom is 0.186 e. The van der Waals surface area contributed by atoms with Gasteiger partial charge in [-0.2, -0.15) is 0 Å². The number of pyridine rings is 1. The van der Waals surface area contributed by atoms with Crippen molar-refractivity contribution in [3.63, 3.8) is 0 Å². The minimum absolute atomic E-state index is 0.0783. The largest absolute Gasteiger partial charge is 0.289 e. The SMILES string of the molecule is C[Si](C)(C)/C(=C\C(=O)c1ccccc1)Sc1ccncc1. The van der Waals surface area contributed by atoms with Gasteiger partial charge in [-0.15, -0.1) is 0 Å². The molecule has 2 nitrogen and oxygen atoms in total. The van der Waals surface area contributed by atoms with Crippen molar-refractivity contribution in [2.24, 2.45) is 0 Å². The molecule has 0 aliphatic rings. The first kappa shape index (κ1) is 15.7. The molecule has 0 saturated carbocycles. The monoisotopic (exact) mass is 313 g/mol. The summed E-state index contributed by atoms with van der Waals surface area (Å²) in [7, 11) is -1.58. The van der Waals surface area contributed by atoms with Crippen molar-refractivity contribution < 1.29 is 4.79 Å². The van der Waals surface area contributed by atoms with Crippen LogP contribution in [0, 0.1) is 0 Å². The van der Waals surface area contributed by atoms with Gasteiger partial charge in [0.1, 0.15) is 0 Å². The van der Waals surface area contributed by atoms with E-state index in [1.165, 1.54) is 4.53 Å². The van der Waals surface area contributed by atoms with E-state index < -0.39 is 8.07 Å². The number of ketones is 1. The first-order valence-corrected chi connectivity index (χ1v) is 11.2. The van der Waals surface area contributed by atoms with Gasteiger partial charge in [-0.1, -0.05) is 61.7 Å². The fraction of sp³-hybridized carbons (Fsp3) is 0.176. The molecule has 0 amide bonds. The van der Waals surface area contributed by atoms with Crippen LogP contribution in [-0.4, -0.2) is 18.8 Å². The Labute approximate surface area is 131 Å². The summed E-state index contributed by atoms with van der Waals surface area (Å²) in [6, 6.07) is 13.4. The van der Waals surface area contributed by atoms with Gasteiger partial charge >= 0.3 is 0 Å². The lowest BCUT2D eigenvalue weighted by molar-refractivity contribution is 0.104. The van der Waals surface area contributed by atoms with Gasteiger partial charge in [0.25, 0.3) is 0 Å². The zero-order chi connectivity index (χ0) is 15.3. The van der Waals surface area contributed by atoms with Gasteiger partial charge in [0.15, 0.2) is 5.78 Å². The highest BCUT2D eigenvalue weighted by Gasteiger charge is 2.22. The van der Waals surface area contributed by atoms with Crippen LogP contribution in [0.3, 0.4) is 0 Å². The predicted molar refractivity (Wildman–Crippen MR) is 92.3 cm³/mol. The lowest BCUT2D eigenvalue weighted by Gasteiger charge is -2.20. The van der Waals surface area contributed by atoms with E-state index in [0.29, 0.717) is 0 Å². The van der Waals surface area contributed by atoms with Gasteiger partial charge < -0.3 is 0 Å². The van der Waals surface area contributed by atoms with Crippen molar-refractivity contribution in [2.45, 2.75) is 24.5 Å². The molecule has 108 valence electrons. The highest BCUT2D eigenvalue weighted by molar-refractivity contribution is 8.05. The molecule has 21 heavy (non-hydrogen) atoms. The molecule has 0 fully saturated rings. The molecule has 0 aliphatic heterocycles. The van der Waals surface area contributed by atoms with Crippen LogP contribution in [0.2, 0.25) is 19.6 Å². The average molecular weight is 313 g/mol. The van der Waals surface area contributed by atoms with Crippen LogP contribution >= 0.6 is 11.8 Å². The van der Waals surface area contributed by atoms with Crippen LogP contribution in [0.15, 0.2) is 70.4 Å². The van der Waals surface area contributed by atoms with Crippen LogP contribution in [0.25, 0.3) is 0 Å². The second kappa shape index (κ2) is 6.87. The third-order valence-electron chi connectivity index (χ3n) is 2.94. The number of allylic oxidation sites excluding steroid dienone is 1. The highest BCUT2D eigenvalue weighted by atomic mass is 32.2. The minimum Gasteiger partial charge on any atom is -0.289 e. The number of carbonyl (C=O) groups is 1. The standard InChI is InChI=1S/C17H19NOSSi/c1-21(2,3)17(20-15-9-11-18-12-10-15)13-16(19)14-7-5-4-6-8-14/h4-13H,1-3H3/b17-13-. The number of thioether (sulfide) groups is 1. The second-order valence-corrected chi connectivity index (χ2v) is 12.3. The Morgan fingerprint density at radius 3 is 2.24 bits per heavy atom. The number of nitrogens with zero attached hydrogens (tertiary/aromatic N) is 1. The molecule has 0 unspecified atom stereocenters. The van der Waals surface area contributed by atoms with Gasteiger partial charge in [-0.25, -0.2) is 0 Å². The lowest BCUT2D eigenvalue weighted by Crippen LogP contribution is -2.23. The molecular formula is C17H19NOSSi. The molecular weight excluding hydrogens is 294 g/mol. The lowest BCUT2D eigenvalue weighted by atomic mass is 10.1. The molecule has 4 heteroatoms. The van der Waals surface area contributed by atoms with E-state index >= 15 is 0 Å². The molecule has 0 atom stereocenters.